The van der Waals surface area contributed by atoms with Crippen LogP contribution in [0.3, 0.4) is 0 Å². The molecule has 0 radical (unpaired) electrons. The van der Waals surface area contributed by atoms with Crippen LogP contribution < -0.4 is 0 Å². The Kier molecular flexibility index (Phi) is 2.45. The molecular formula is C9H7BrO3S. The van der Waals surface area contributed by atoms with E-state index in [4.69, 9.17) is 5.11 Å². The summed E-state index contributed by atoms with van der Waals surface area (Å²) in [6, 6.07) is 1.78. The van der Waals surface area contributed by atoms with Gasteiger partial charge in [-0.1, -0.05) is 0 Å². The zero-order valence-electron chi connectivity index (χ0n) is 7.12. The Morgan fingerprint density at radius 1 is 1.57 bits per heavy atom. The largest absolute Gasteiger partial charge is 0.481 e. The average Bonchev–Trinajstić information content (AvgIpc) is 2.45. The molecule has 1 atom stereocenters. The van der Waals surface area contributed by atoms with E-state index in [0.717, 1.165) is 8.66 Å². The number of Topliss-reactive ketones (excluding diaryl/α,β-unsaturated/α-hetero) is 1. The van der Waals surface area contributed by atoms with Crippen LogP contribution in [0, 0.1) is 5.92 Å². The zero-order valence-corrected chi connectivity index (χ0v) is 9.52. The summed E-state index contributed by atoms with van der Waals surface area (Å²) in [6.07, 6.45) is 0.609. The van der Waals surface area contributed by atoms with Crippen LogP contribution in [0.2, 0.25) is 0 Å². The van der Waals surface area contributed by atoms with Crippen molar-refractivity contribution in [2.24, 2.45) is 5.92 Å². The Morgan fingerprint density at radius 3 is 2.93 bits per heavy atom. The molecule has 0 saturated carbocycles. The molecule has 0 fully saturated rings. The van der Waals surface area contributed by atoms with Gasteiger partial charge in [0.25, 0.3) is 0 Å². The molecule has 1 aromatic rings. The van der Waals surface area contributed by atoms with Gasteiger partial charge in [0, 0.05) is 16.9 Å². The van der Waals surface area contributed by atoms with Crippen molar-refractivity contribution >= 4 is 39.0 Å². The van der Waals surface area contributed by atoms with Gasteiger partial charge in [0.05, 0.1) is 9.70 Å². The summed E-state index contributed by atoms with van der Waals surface area (Å²) < 4.78 is 0.891. The fourth-order valence-electron chi connectivity index (χ4n) is 1.59. The number of hydrogen-bond acceptors (Lipinski definition) is 3. The Morgan fingerprint density at radius 2 is 2.29 bits per heavy atom. The maximum Gasteiger partial charge on any atom is 0.307 e. The average molecular weight is 275 g/mol. The van der Waals surface area contributed by atoms with E-state index >= 15 is 0 Å². The van der Waals surface area contributed by atoms with Crippen LogP contribution in [-0.4, -0.2) is 16.9 Å². The number of ketones is 1. The van der Waals surface area contributed by atoms with Gasteiger partial charge in [-0.2, -0.15) is 0 Å². The van der Waals surface area contributed by atoms with Crippen molar-refractivity contribution < 1.29 is 14.7 Å². The minimum absolute atomic E-state index is 0.0550. The number of carboxylic acid groups (broad SMARTS) is 1. The second-order valence-electron chi connectivity index (χ2n) is 3.25. The molecule has 1 unspecified atom stereocenters. The number of halogens is 1. The molecule has 1 aliphatic rings. The number of carboxylic acids is 1. The number of thiophene rings is 1. The Bertz CT molecular complexity index is 410. The zero-order chi connectivity index (χ0) is 10.3. The maximum absolute atomic E-state index is 11.5. The summed E-state index contributed by atoms with van der Waals surface area (Å²) in [5, 5.41) is 8.83. The number of carbonyl (C=O) groups is 2. The predicted octanol–water partition coefficient (Wildman–Crippen LogP) is 2.34. The lowest BCUT2D eigenvalue weighted by atomic mass is 9.88. The molecule has 0 aromatic carbocycles. The molecular weight excluding hydrogens is 268 g/mol. The van der Waals surface area contributed by atoms with Crippen molar-refractivity contribution in [3.63, 3.8) is 0 Å². The third-order valence-electron chi connectivity index (χ3n) is 2.29. The van der Waals surface area contributed by atoms with Gasteiger partial charge in [0.2, 0.25) is 0 Å². The maximum atomic E-state index is 11.5. The number of rotatable bonds is 1. The third kappa shape index (κ3) is 1.62. The van der Waals surface area contributed by atoms with E-state index in [2.05, 4.69) is 15.9 Å². The van der Waals surface area contributed by atoms with E-state index in [1.54, 1.807) is 6.07 Å². The second kappa shape index (κ2) is 3.47. The lowest BCUT2D eigenvalue weighted by Crippen LogP contribution is -2.24. The fourth-order valence-corrected chi connectivity index (χ4v) is 3.38. The Hall–Kier alpha value is -0.680. The van der Waals surface area contributed by atoms with E-state index in [9.17, 15) is 9.59 Å². The van der Waals surface area contributed by atoms with Crippen molar-refractivity contribution in [1.29, 1.82) is 0 Å². The third-order valence-corrected chi connectivity index (χ3v) is 3.95. The number of aliphatic carboxylic acids is 1. The van der Waals surface area contributed by atoms with Crippen LogP contribution >= 0.6 is 27.3 Å². The van der Waals surface area contributed by atoms with E-state index in [1.807, 2.05) is 0 Å². The van der Waals surface area contributed by atoms with Crippen LogP contribution in [0.25, 0.3) is 0 Å². The van der Waals surface area contributed by atoms with Crippen LogP contribution in [0.4, 0.5) is 0 Å². The summed E-state index contributed by atoms with van der Waals surface area (Å²) in [7, 11) is 0. The van der Waals surface area contributed by atoms with Gasteiger partial charge in [-0.3, -0.25) is 9.59 Å². The van der Waals surface area contributed by atoms with Crippen LogP contribution in [0.5, 0.6) is 0 Å². The molecule has 5 heteroatoms. The Labute approximate surface area is 92.9 Å². The van der Waals surface area contributed by atoms with Crippen molar-refractivity contribution in [1.82, 2.24) is 0 Å². The quantitative estimate of drug-likeness (QED) is 0.855. The second-order valence-corrected chi connectivity index (χ2v) is 5.77. The molecule has 1 aromatic heterocycles. The number of fused-ring (bicyclic) bond motifs is 1. The molecule has 0 spiro atoms. The fraction of sp³-hybridized carbons (Fsp3) is 0.333. The van der Waals surface area contributed by atoms with Crippen LogP contribution in [0.15, 0.2) is 9.85 Å². The highest BCUT2D eigenvalue weighted by molar-refractivity contribution is 9.11. The monoisotopic (exact) mass is 274 g/mol. The van der Waals surface area contributed by atoms with E-state index in [-0.39, 0.29) is 12.2 Å². The molecule has 14 heavy (non-hydrogen) atoms. The Balaban J connectivity index is 2.37. The molecule has 1 aliphatic carbocycles. The van der Waals surface area contributed by atoms with Crippen LogP contribution in [-0.2, 0) is 11.2 Å². The molecule has 74 valence electrons. The molecule has 2 rings (SSSR count). The standard InChI is InChI=1S/C9H7BrO3S/c10-8-3-5-6(11)1-4(9(12)13)2-7(5)14-8/h3-4H,1-2H2,(H,12,13). The molecule has 3 nitrogen and oxygen atoms in total. The van der Waals surface area contributed by atoms with Gasteiger partial charge in [0.15, 0.2) is 5.78 Å². The van der Waals surface area contributed by atoms with Gasteiger partial charge in [-0.25, -0.2) is 0 Å². The van der Waals surface area contributed by atoms with Gasteiger partial charge in [-0.05, 0) is 28.4 Å². The first kappa shape index (κ1) is 9.86. The highest BCUT2D eigenvalue weighted by Crippen LogP contribution is 2.34. The molecule has 0 saturated heterocycles. The normalized spacial score (nSPS) is 20.6. The molecule has 0 amide bonds. The van der Waals surface area contributed by atoms with Gasteiger partial charge in [0.1, 0.15) is 0 Å². The highest BCUT2D eigenvalue weighted by Gasteiger charge is 2.31. The van der Waals surface area contributed by atoms with Crippen molar-refractivity contribution in [2.75, 3.05) is 0 Å². The van der Waals surface area contributed by atoms with E-state index in [1.165, 1.54) is 11.3 Å². The number of hydrogen-bond donors (Lipinski definition) is 1. The summed E-state index contributed by atoms with van der Waals surface area (Å²) in [6.45, 7) is 0. The molecule has 0 aliphatic heterocycles. The lowest BCUT2D eigenvalue weighted by molar-refractivity contribution is -0.141. The first-order chi connectivity index (χ1) is 6.58. The topological polar surface area (TPSA) is 54.4 Å². The van der Waals surface area contributed by atoms with E-state index < -0.39 is 11.9 Å². The lowest BCUT2D eigenvalue weighted by Gasteiger charge is -2.16. The van der Waals surface area contributed by atoms with Gasteiger partial charge >= 0.3 is 5.97 Å². The van der Waals surface area contributed by atoms with Crippen molar-refractivity contribution in [3.05, 3.63) is 20.3 Å². The highest BCUT2D eigenvalue weighted by atomic mass is 79.9. The van der Waals surface area contributed by atoms with E-state index in [0.29, 0.717) is 12.0 Å². The van der Waals surface area contributed by atoms with Gasteiger partial charge < -0.3 is 5.11 Å². The summed E-state index contributed by atoms with van der Waals surface area (Å²) >= 11 is 4.74. The molecule has 1 N–H and O–H groups in total. The minimum atomic E-state index is -0.881. The first-order valence-corrected chi connectivity index (χ1v) is 5.73. The van der Waals surface area contributed by atoms with Crippen LogP contribution in [0.1, 0.15) is 21.7 Å². The smallest absolute Gasteiger partial charge is 0.307 e. The summed E-state index contributed by atoms with van der Waals surface area (Å²) in [4.78, 5) is 23.2. The van der Waals surface area contributed by atoms with Crippen molar-refractivity contribution in [2.45, 2.75) is 12.8 Å². The van der Waals surface area contributed by atoms with Gasteiger partial charge in [-0.15, -0.1) is 11.3 Å². The predicted molar refractivity (Wildman–Crippen MR) is 55.8 cm³/mol. The van der Waals surface area contributed by atoms with Crippen molar-refractivity contribution in [3.8, 4) is 0 Å². The first-order valence-electron chi connectivity index (χ1n) is 4.12. The SMILES string of the molecule is O=C1CC(C(=O)O)Cc2sc(Br)cc21. The number of carbonyl (C=O) groups excluding carboxylic acids is 1. The summed E-state index contributed by atoms with van der Waals surface area (Å²) in [5.74, 6) is -1.48. The molecule has 0 bridgehead atoms. The minimum Gasteiger partial charge on any atom is -0.481 e. The molecule has 1 heterocycles. The summed E-state index contributed by atoms with van der Waals surface area (Å²) in [5.41, 5.74) is 0.694.